The van der Waals surface area contributed by atoms with Gasteiger partial charge in [-0.1, -0.05) is 18.2 Å². The first-order chi connectivity index (χ1) is 8.67. The number of rotatable bonds is 3. The summed E-state index contributed by atoms with van der Waals surface area (Å²) < 4.78 is 2.01. The Kier molecular flexibility index (Phi) is 3.16. The van der Waals surface area contributed by atoms with Crippen molar-refractivity contribution in [1.29, 1.82) is 5.26 Å². The molecule has 4 nitrogen and oxygen atoms in total. The van der Waals surface area contributed by atoms with E-state index in [2.05, 4.69) is 0 Å². The third kappa shape index (κ3) is 1.98. The van der Waals surface area contributed by atoms with Crippen LogP contribution >= 0.6 is 0 Å². The number of aromatic nitrogens is 1. The van der Waals surface area contributed by atoms with Gasteiger partial charge in [-0.3, -0.25) is 0 Å². The second-order valence-corrected chi connectivity index (χ2v) is 3.84. The highest BCUT2D eigenvalue weighted by molar-refractivity contribution is 5.99. The highest BCUT2D eigenvalue weighted by Crippen LogP contribution is 2.23. The lowest BCUT2D eigenvalue weighted by atomic mass is 10.1. The van der Waals surface area contributed by atoms with Crippen molar-refractivity contribution in [3.63, 3.8) is 0 Å². The molecule has 2 rings (SSSR count). The number of nitriles is 1. The van der Waals surface area contributed by atoms with Crippen LogP contribution < -0.4 is 5.11 Å². The zero-order valence-corrected chi connectivity index (χ0v) is 9.88. The highest BCUT2D eigenvalue weighted by Gasteiger charge is 2.06. The lowest BCUT2D eigenvalue weighted by Gasteiger charge is -1.98. The zero-order chi connectivity index (χ0) is 13.1. The van der Waals surface area contributed by atoms with Gasteiger partial charge in [-0.2, -0.15) is 5.26 Å². The zero-order valence-electron chi connectivity index (χ0n) is 9.88. The summed E-state index contributed by atoms with van der Waals surface area (Å²) in [6.07, 6.45) is 3.19. The number of carboxylic acids is 1. The summed E-state index contributed by atoms with van der Waals surface area (Å²) in [5.41, 5.74) is 1.36. The Hall–Kier alpha value is -2.54. The van der Waals surface area contributed by atoms with Crippen molar-refractivity contribution in [2.45, 2.75) is 13.5 Å². The van der Waals surface area contributed by atoms with E-state index in [0.717, 1.165) is 17.4 Å². The van der Waals surface area contributed by atoms with Crippen LogP contribution in [0.2, 0.25) is 0 Å². The van der Waals surface area contributed by atoms with E-state index in [0.29, 0.717) is 5.56 Å². The topological polar surface area (TPSA) is 68.8 Å². The normalized spacial score (nSPS) is 11.4. The van der Waals surface area contributed by atoms with Crippen molar-refractivity contribution in [3.05, 3.63) is 41.6 Å². The number of aryl methyl sites for hydroxylation is 1. The van der Waals surface area contributed by atoms with E-state index in [9.17, 15) is 9.90 Å². The predicted octanol–water partition coefficient (Wildman–Crippen LogP) is 1.32. The first-order valence-electron chi connectivity index (χ1n) is 5.58. The molecular weight excluding hydrogens is 228 g/mol. The number of hydrogen-bond acceptors (Lipinski definition) is 3. The standard InChI is InChI=1S/C14H12N2O2/c1-2-16-9-11(7-10(8-15)14(17)18)12-5-3-4-6-13(12)16/h3-7,9H,2H2,1H3,(H,17,18)/p-1/b10-7+. The first-order valence-corrected chi connectivity index (χ1v) is 5.58. The molecule has 0 N–H and O–H groups in total. The quantitative estimate of drug-likeness (QED) is 0.599. The van der Waals surface area contributed by atoms with Crippen LogP contribution in [0.15, 0.2) is 36.0 Å². The molecule has 0 fully saturated rings. The van der Waals surface area contributed by atoms with Crippen LogP contribution in [0.25, 0.3) is 17.0 Å². The van der Waals surface area contributed by atoms with E-state index in [-0.39, 0.29) is 5.57 Å². The van der Waals surface area contributed by atoms with Crippen molar-refractivity contribution in [1.82, 2.24) is 4.57 Å². The number of para-hydroxylation sites is 1. The fraction of sp³-hybridized carbons (Fsp3) is 0.143. The molecular formula is C14H11N2O2-. The SMILES string of the molecule is CCn1cc(/C=C(\C#N)C(=O)[O-])c2ccccc21. The molecule has 18 heavy (non-hydrogen) atoms. The minimum Gasteiger partial charge on any atom is -0.544 e. The van der Waals surface area contributed by atoms with Crippen LogP contribution in [0.4, 0.5) is 0 Å². The molecule has 90 valence electrons. The molecule has 1 aromatic heterocycles. The molecule has 0 aliphatic carbocycles. The third-order valence-corrected chi connectivity index (χ3v) is 2.80. The Morgan fingerprint density at radius 1 is 1.50 bits per heavy atom. The number of aliphatic carboxylic acids is 1. The maximum atomic E-state index is 10.7. The van der Waals surface area contributed by atoms with Gasteiger partial charge < -0.3 is 14.5 Å². The summed E-state index contributed by atoms with van der Waals surface area (Å²) in [5.74, 6) is -1.45. The third-order valence-electron chi connectivity index (χ3n) is 2.80. The molecule has 1 heterocycles. The average molecular weight is 239 g/mol. The molecule has 1 aromatic carbocycles. The summed E-state index contributed by atoms with van der Waals surface area (Å²) in [6, 6.07) is 9.29. The summed E-state index contributed by atoms with van der Waals surface area (Å²) in [6.45, 7) is 2.78. The molecule has 0 unspecified atom stereocenters. The summed E-state index contributed by atoms with van der Waals surface area (Å²) in [7, 11) is 0. The Balaban J connectivity index is 2.66. The number of benzene rings is 1. The molecule has 0 spiro atoms. The van der Waals surface area contributed by atoms with Gasteiger partial charge in [0.1, 0.15) is 6.07 Å². The lowest BCUT2D eigenvalue weighted by Crippen LogP contribution is -2.23. The maximum absolute atomic E-state index is 10.7. The summed E-state index contributed by atoms with van der Waals surface area (Å²) in [4.78, 5) is 10.7. The van der Waals surface area contributed by atoms with E-state index in [1.807, 2.05) is 42.0 Å². The van der Waals surface area contributed by atoms with Gasteiger partial charge in [0, 0.05) is 29.2 Å². The number of fused-ring (bicyclic) bond motifs is 1. The summed E-state index contributed by atoms with van der Waals surface area (Å²) >= 11 is 0. The number of carbonyl (C=O) groups is 1. The molecule has 0 saturated heterocycles. The molecule has 4 heteroatoms. The predicted molar refractivity (Wildman–Crippen MR) is 66.2 cm³/mol. The van der Waals surface area contributed by atoms with E-state index in [1.54, 1.807) is 6.07 Å². The Bertz CT molecular complexity index is 675. The largest absolute Gasteiger partial charge is 0.544 e. The van der Waals surface area contributed by atoms with Crippen molar-refractivity contribution in [3.8, 4) is 6.07 Å². The van der Waals surface area contributed by atoms with Crippen molar-refractivity contribution < 1.29 is 9.90 Å². The summed E-state index contributed by atoms with van der Waals surface area (Å²) in [5, 5.41) is 20.4. The molecule has 0 aliphatic rings. The number of carbonyl (C=O) groups excluding carboxylic acids is 1. The molecule has 0 amide bonds. The van der Waals surface area contributed by atoms with Gasteiger partial charge in [0.2, 0.25) is 0 Å². The van der Waals surface area contributed by atoms with Crippen LogP contribution in [0.3, 0.4) is 0 Å². The van der Waals surface area contributed by atoms with E-state index in [1.165, 1.54) is 6.08 Å². The first kappa shape index (κ1) is 11.9. The van der Waals surface area contributed by atoms with Gasteiger partial charge in [0.15, 0.2) is 0 Å². The highest BCUT2D eigenvalue weighted by atomic mass is 16.4. The van der Waals surface area contributed by atoms with Crippen LogP contribution in [-0.4, -0.2) is 10.5 Å². The lowest BCUT2D eigenvalue weighted by molar-refractivity contribution is -0.298. The minimum absolute atomic E-state index is 0.367. The molecule has 0 radical (unpaired) electrons. The van der Waals surface area contributed by atoms with Crippen LogP contribution in [-0.2, 0) is 11.3 Å². The molecule has 0 aliphatic heterocycles. The molecule has 0 saturated carbocycles. The van der Waals surface area contributed by atoms with E-state index >= 15 is 0 Å². The fourth-order valence-electron chi connectivity index (χ4n) is 1.94. The van der Waals surface area contributed by atoms with Crippen molar-refractivity contribution in [2.75, 3.05) is 0 Å². The average Bonchev–Trinajstić information content (AvgIpc) is 2.74. The van der Waals surface area contributed by atoms with Gasteiger partial charge in [-0.15, -0.1) is 0 Å². The fourth-order valence-corrected chi connectivity index (χ4v) is 1.94. The monoisotopic (exact) mass is 239 g/mol. The minimum atomic E-state index is -1.45. The van der Waals surface area contributed by atoms with Gasteiger partial charge in [-0.05, 0) is 19.1 Å². The molecule has 0 bridgehead atoms. The van der Waals surface area contributed by atoms with Gasteiger partial charge in [-0.25, -0.2) is 0 Å². The van der Waals surface area contributed by atoms with Gasteiger partial charge in [0.25, 0.3) is 0 Å². The Morgan fingerprint density at radius 2 is 2.22 bits per heavy atom. The maximum Gasteiger partial charge on any atom is 0.101 e. The van der Waals surface area contributed by atoms with Crippen molar-refractivity contribution >= 4 is 22.9 Å². The molecule has 2 aromatic rings. The van der Waals surface area contributed by atoms with E-state index in [4.69, 9.17) is 5.26 Å². The van der Waals surface area contributed by atoms with Gasteiger partial charge >= 0.3 is 0 Å². The number of hydrogen-bond donors (Lipinski definition) is 0. The Labute approximate surface area is 104 Å². The number of nitrogens with zero attached hydrogens (tertiary/aromatic N) is 2. The van der Waals surface area contributed by atoms with Crippen molar-refractivity contribution in [2.24, 2.45) is 0 Å². The second kappa shape index (κ2) is 4.76. The van der Waals surface area contributed by atoms with Crippen LogP contribution in [0, 0.1) is 11.3 Å². The van der Waals surface area contributed by atoms with Crippen LogP contribution in [0.5, 0.6) is 0 Å². The van der Waals surface area contributed by atoms with Crippen LogP contribution in [0.1, 0.15) is 12.5 Å². The second-order valence-electron chi connectivity index (χ2n) is 3.84. The number of carboxylic acid groups (broad SMARTS) is 1. The molecule has 0 atom stereocenters. The Morgan fingerprint density at radius 3 is 2.83 bits per heavy atom. The van der Waals surface area contributed by atoms with Gasteiger partial charge in [0.05, 0.1) is 11.5 Å². The van der Waals surface area contributed by atoms with E-state index < -0.39 is 5.97 Å². The smallest absolute Gasteiger partial charge is 0.101 e.